The van der Waals surface area contributed by atoms with E-state index in [4.69, 9.17) is 10.5 Å². The Labute approximate surface area is 116 Å². The van der Waals surface area contributed by atoms with Gasteiger partial charge in [0.25, 0.3) is 0 Å². The summed E-state index contributed by atoms with van der Waals surface area (Å²) >= 11 is 0. The topological polar surface area (TPSA) is 35.2 Å². The second-order valence-electron chi connectivity index (χ2n) is 5.60. The minimum atomic E-state index is -1.36. The van der Waals surface area contributed by atoms with E-state index < -0.39 is 26.9 Å². The van der Waals surface area contributed by atoms with Crippen LogP contribution < -0.4 is 5.73 Å². The summed E-state index contributed by atoms with van der Waals surface area (Å²) in [5, 5.41) is 0. The Kier molecular flexibility index (Phi) is 5.74. The number of hydrogen-bond donors (Lipinski definition) is 1. The van der Waals surface area contributed by atoms with E-state index in [0.29, 0.717) is 0 Å². The number of alkyl halides is 1. The van der Waals surface area contributed by atoms with Gasteiger partial charge < -0.3 is 10.5 Å². The Bertz CT molecular complexity index is 456. The Morgan fingerprint density at radius 2 is 1.84 bits per heavy atom. The van der Waals surface area contributed by atoms with Crippen LogP contribution in [0.3, 0.4) is 0 Å². The molecule has 0 aliphatic rings. The first-order valence-corrected chi connectivity index (χ1v) is 9.85. The van der Waals surface area contributed by atoms with Gasteiger partial charge >= 0.3 is 0 Å². The van der Waals surface area contributed by atoms with Gasteiger partial charge in [-0.15, -0.1) is 5.54 Å². The highest BCUT2D eigenvalue weighted by molar-refractivity contribution is 6.83. The largest absolute Gasteiger partial charge is 0.375 e. The molecule has 0 unspecified atom stereocenters. The lowest BCUT2D eigenvalue weighted by atomic mass is 10.0. The number of rotatable bonds is 4. The van der Waals surface area contributed by atoms with Crippen LogP contribution in [-0.4, -0.2) is 27.9 Å². The molecule has 1 aromatic carbocycles. The lowest BCUT2D eigenvalue weighted by Crippen LogP contribution is -2.31. The van der Waals surface area contributed by atoms with Gasteiger partial charge in [0.1, 0.15) is 14.7 Å². The minimum Gasteiger partial charge on any atom is -0.375 e. The van der Waals surface area contributed by atoms with Gasteiger partial charge in [0.15, 0.2) is 0 Å². The maximum absolute atomic E-state index is 12.6. The highest BCUT2D eigenvalue weighted by Gasteiger charge is 2.18. The molecular formula is C15H22FNOSi. The first-order chi connectivity index (χ1) is 8.87. The summed E-state index contributed by atoms with van der Waals surface area (Å²) in [6.45, 7) is 6.01. The fourth-order valence-corrected chi connectivity index (χ4v) is 2.17. The van der Waals surface area contributed by atoms with E-state index in [2.05, 4.69) is 31.1 Å². The molecule has 2 atom stereocenters. The average molecular weight is 279 g/mol. The fraction of sp³-hybridized carbons (Fsp3) is 0.467. The Morgan fingerprint density at radius 1 is 1.26 bits per heavy atom. The quantitative estimate of drug-likeness (QED) is 0.679. The first-order valence-electron chi connectivity index (χ1n) is 6.35. The number of benzene rings is 1. The molecule has 19 heavy (non-hydrogen) atoms. The van der Waals surface area contributed by atoms with E-state index >= 15 is 0 Å². The number of nitrogens with two attached hydrogens (primary N) is 1. The van der Waals surface area contributed by atoms with E-state index in [0.717, 1.165) is 11.1 Å². The molecule has 0 aromatic heterocycles. The van der Waals surface area contributed by atoms with Gasteiger partial charge in [-0.2, -0.15) is 0 Å². The zero-order valence-electron chi connectivity index (χ0n) is 12.0. The van der Waals surface area contributed by atoms with Crippen molar-refractivity contribution >= 4 is 8.07 Å². The van der Waals surface area contributed by atoms with Crippen molar-refractivity contribution < 1.29 is 9.13 Å². The van der Waals surface area contributed by atoms with E-state index in [9.17, 15) is 4.39 Å². The van der Waals surface area contributed by atoms with Crippen LogP contribution in [-0.2, 0) is 4.74 Å². The number of methoxy groups -OCH3 is 1. The highest BCUT2D eigenvalue weighted by Crippen LogP contribution is 2.20. The summed E-state index contributed by atoms with van der Waals surface area (Å²) in [5.41, 5.74) is 10.8. The second-order valence-corrected chi connectivity index (χ2v) is 10.3. The maximum atomic E-state index is 12.6. The Hall–Kier alpha value is -1.15. The zero-order valence-corrected chi connectivity index (χ0v) is 13.0. The zero-order chi connectivity index (χ0) is 14.5. The van der Waals surface area contributed by atoms with Gasteiger partial charge in [-0.05, 0) is 17.7 Å². The van der Waals surface area contributed by atoms with Crippen LogP contribution in [0.4, 0.5) is 4.39 Å². The smallest absolute Gasteiger partial charge is 0.129 e. The molecule has 0 fully saturated rings. The van der Waals surface area contributed by atoms with Crippen LogP contribution >= 0.6 is 0 Å². The van der Waals surface area contributed by atoms with Crippen LogP contribution in [0.1, 0.15) is 17.2 Å². The molecule has 0 aliphatic heterocycles. The van der Waals surface area contributed by atoms with Gasteiger partial charge in [-0.1, -0.05) is 37.7 Å². The summed E-state index contributed by atoms with van der Waals surface area (Å²) in [7, 11) is 0.179. The van der Waals surface area contributed by atoms with Crippen LogP contribution in [0.25, 0.3) is 0 Å². The predicted molar refractivity (Wildman–Crippen MR) is 80.4 cm³/mol. The molecule has 0 radical (unpaired) electrons. The Morgan fingerprint density at radius 3 is 2.26 bits per heavy atom. The van der Waals surface area contributed by atoms with Crippen molar-refractivity contribution in [2.45, 2.75) is 31.8 Å². The van der Waals surface area contributed by atoms with E-state index in [-0.39, 0.29) is 0 Å². The molecular weight excluding hydrogens is 257 g/mol. The second kappa shape index (κ2) is 6.85. The van der Waals surface area contributed by atoms with Gasteiger partial charge in [-0.25, -0.2) is 4.39 Å². The van der Waals surface area contributed by atoms with Crippen molar-refractivity contribution in [3.05, 3.63) is 35.4 Å². The van der Waals surface area contributed by atoms with Crippen LogP contribution in [0.5, 0.6) is 0 Å². The lowest BCUT2D eigenvalue weighted by molar-refractivity contribution is 0.0721. The summed E-state index contributed by atoms with van der Waals surface area (Å²) < 4.78 is 17.9. The molecule has 2 nitrogen and oxygen atoms in total. The summed E-state index contributed by atoms with van der Waals surface area (Å²) in [6.07, 6.45) is -0.413. The SMILES string of the molecule is CO[C@H](c1ccc(C#C[Si](C)(C)C)cc1)[C@H](N)CF. The molecule has 104 valence electrons. The van der Waals surface area contributed by atoms with Gasteiger partial charge in [0.2, 0.25) is 0 Å². The standard InChI is InChI=1S/C15H22FNOSi/c1-18-15(14(17)11-16)13-7-5-12(6-8-13)9-10-19(2,3)4/h5-8,14-15H,11,17H2,1-4H3/t14-,15-/m1/s1. The highest BCUT2D eigenvalue weighted by atomic mass is 28.3. The number of hydrogen-bond acceptors (Lipinski definition) is 2. The van der Waals surface area contributed by atoms with Crippen molar-refractivity contribution in [1.82, 2.24) is 0 Å². The molecule has 0 bridgehead atoms. The molecule has 0 heterocycles. The molecule has 2 N–H and O–H groups in total. The van der Waals surface area contributed by atoms with Crippen LogP contribution in [0, 0.1) is 11.5 Å². The molecule has 4 heteroatoms. The molecule has 0 saturated carbocycles. The Balaban J connectivity index is 2.89. The third kappa shape index (κ3) is 5.15. The molecule has 0 spiro atoms. The van der Waals surface area contributed by atoms with Gasteiger partial charge in [0.05, 0.1) is 12.1 Å². The minimum absolute atomic E-state index is 0.413. The van der Waals surface area contributed by atoms with Crippen molar-refractivity contribution in [2.24, 2.45) is 5.73 Å². The van der Waals surface area contributed by atoms with Crippen molar-refractivity contribution in [3.8, 4) is 11.5 Å². The molecule has 1 rings (SSSR count). The maximum Gasteiger partial charge on any atom is 0.129 e. The average Bonchev–Trinajstić information content (AvgIpc) is 2.37. The van der Waals surface area contributed by atoms with Crippen molar-refractivity contribution in [3.63, 3.8) is 0 Å². The lowest BCUT2D eigenvalue weighted by Gasteiger charge is -2.20. The summed E-state index contributed by atoms with van der Waals surface area (Å²) in [6, 6.07) is 7.03. The summed E-state index contributed by atoms with van der Waals surface area (Å²) in [5.74, 6) is 3.18. The van der Waals surface area contributed by atoms with Crippen LogP contribution in [0.15, 0.2) is 24.3 Å². The summed E-state index contributed by atoms with van der Waals surface area (Å²) in [4.78, 5) is 0. The molecule has 0 saturated heterocycles. The van der Waals surface area contributed by atoms with Gasteiger partial charge in [-0.3, -0.25) is 0 Å². The van der Waals surface area contributed by atoms with Crippen LogP contribution in [0.2, 0.25) is 19.6 Å². The van der Waals surface area contributed by atoms with Gasteiger partial charge in [0, 0.05) is 12.7 Å². The number of ether oxygens (including phenoxy) is 1. The van der Waals surface area contributed by atoms with Crippen molar-refractivity contribution in [2.75, 3.05) is 13.8 Å². The normalized spacial score (nSPS) is 14.4. The van der Waals surface area contributed by atoms with Crippen molar-refractivity contribution in [1.29, 1.82) is 0 Å². The fourth-order valence-electron chi connectivity index (χ4n) is 1.65. The molecule has 0 aliphatic carbocycles. The van der Waals surface area contributed by atoms with E-state index in [1.165, 1.54) is 0 Å². The van der Waals surface area contributed by atoms with E-state index in [1.807, 2.05) is 24.3 Å². The predicted octanol–water partition coefficient (Wildman–Crippen LogP) is 2.90. The van der Waals surface area contributed by atoms with E-state index in [1.54, 1.807) is 7.11 Å². The first kappa shape index (κ1) is 15.9. The third-order valence-electron chi connectivity index (χ3n) is 2.64. The number of halogens is 1. The molecule has 1 aromatic rings. The molecule has 0 amide bonds. The monoisotopic (exact) mass is 279 g/mol. The third-order valence-corrected chi connectivity index (χ3v) is 3.52.